The van der Waals surface area contributed by atoms with Crippen molar-refractivity contribution in [3.63, 3.8) is 0 Å². The van der Waals surface area contributed by atoms with Crippen LogP contribution in [0.15, 0.2) is 0 Å². The monoisotopic (exact) mass is 213 g/mol. The maximum atomic E-state index is 3.70. The molecule has 1 saturated heterocycles. The number of rotatable bonds is 4. The summed E-state index contributed by atoms with van der Waals surface area (Å²) in [7, 11) is 6.50. The summed E-state index contributed by atoms with van der Waals surface area (Å²) in [6, 6.07) is 1.33. The molecule has 1 aliphatic heterocycles. The highest BCUT2D eigenvalue weighted by Crippen LogP contribution is 2.15. The van der Waals surface area contributed by atoms with Gasteiger partial charge in [-0.15, -0.1) is 0 Å². The summed E-state index contributed by atoms with van der Waals surface area (Å²) >= 11 is 0. The lowest BCUT2D eigenvalue weighted by Gasteiger charge is -2.36. The molecule has 1 N–H and O–H groups in total. The van der Waals surface area contributed by atoms with E-state index < -0.39 is 0 Å². The summed E-state index contributed by atoms with van der Waals surface area (Å²) in [4.78, 5) is 4.70. The van der Waals surface area contributed by atoms with Crippen LogP contribution in [-0.2, 0) is 0 Å². The Kier molecular flexibility index (Phi) is 5.03. The van der Waals surface area contributed by atoms with Crippen molar-refractivity contribution in [1.29, 1.82) is 0 Å². The minimum Gasteiger partial charge on any atom is -0.312 e. The van der Waals surface area contributed by atoms with Crippen LogP contribution in [0.4, 0.5) is 0 Å². The molecule has 0 aliphatic carbocycles. The molecule has 0 saturated carbocycles. The number of hydrogen-bond acceptors (Lipinski definition) is 3. The molecule has 1 fully saturated rings. The lowest BCUT2D eigenvalue weighted by molar-refractivity contribution is 0.167. The molecule has 3 unspecified atom stereocenters. The van der Waals surface area contributed by atoms with E-state index in [0.29, 0.717) is 12.1 Å². The van der Waals surface area contributed by atoms with Gasteiger partial charge in [0.05, 0.1) is 0 Å². The Morgan fingerprint density at radius 3 is 2.67 bits per heavy atom. The standard InChI is InChI=1S/C12H27N3/c1-10-9-15(5)7-6-12(10)13-8-11(2)14(3)4/h10-13H,6-9H2,1-5H3. The van der Waals surface area contributed by atoms with E-state index in [1.165, 1.54) is 19.5 Å². The van der Waals surface area contributed by atoms with Gasteiger partial charge in [0.2, 0.25) is 0 Å². The molecular formula is C12H27N3. The molecule has 0 aromatic carbocycles. The van der Waals surface area contributed by atoms with E-state index in [1.54, 1.807) is 0 Å². The van der Waals surface area contributed by atoms with Crippen molar-refractivity contribution in [1.82, 2.24) is 15.1 Å². The van der Waals surface area contributed by atoms with Gasteiger partial charge in [-0.1, -0.05) is 6.92 Å². The van der Waals surface area contributed by atoms with Crippen molar-refractivity contribution in [3.8, 4) is 0 Å². The first-order valence-electron chi connectivity index (χ1n) is 6.09. The highest BCUT2D eigenvalue weighted by atomic mass is 15.1. The summed E-state index contributed by atoms with van der Waals surface area (Å²) in [5, 5.41) is 3.70. The predicted octanol–water partition coefficient (Wildman–Crippen LogP) is 0.866. The maximum absolute atomic E-state index is 3.70. The molecule has 0 bridgehead atoms. The SMILES string of the molecule is CC1CN(C)CCC1NCC(C)N(C)C. The molecule has 15 heavy (non-hydrogen) atoms. The van der Waals surface area contributed by atoms with E-state index in [0.717, 1.165) is 12.5 Å². The third-order valence-electron chi connectivity index (χ3n) is 3.67. The van der Waals surface area contributed by atoms with E-state index in [4.69, 9.17) is 0 Å². The highest BCUT2D eigenvalue weighted by molar-refractivity contribution is 4.82. The molecule has 1 aliphatic rings. The number of piperidine rings is 1. The van der Waals surface area contributed by atoms with Crippen LogP contribution in [0.2, 0.25) is 0 Å². The van der Waals surface area contributed by atoms with Gasteiger partial charge in [-0.2, -0.15) is 0 Å². The van der Waals surface area contributed by atoms with E-state index in [-0.39, 0.29) is 0 Å². The number of likely N-dealkylation sites (tertiary alicyclic amines) is 1. The Morgan fingerprint density at radius 1 is 1.47 bits per heavy atom. The summed E-state index contributed by atoms with van der Waals surface area (Å²) in [5.74, 6) is 0.776. The summed E-state index contributed by atoms with van der Waals surface area (Å²) in [6.45, 7) is 8.19. The van der Waals surface area contributed by atoms with Crippen molar-refractivity contribution in [2.24, 2.45) is 5.92 Å². The molecule has 0 radical (unpaired) electrons. The van der Waals surface area contributed by atoms with Crippen LogP contribution < -0.4 is 5.32 Å². The van der Waals surface area contributed by atoms with Gasteiger partial charge in [0.1, 0.15) is 0 Å². The van der Waals surface area contributed by atoms with E-state index in [2.05, 4.69) is 50.1 Å². The first-order valence-corrected chi connectivity index (χ1v) is 6.09. The smallest absolute Gasteiger partial charge is 0.0186 e. The van der Waals surface area contributed by atoms with E-state index in [9.17, 15) is 0 Å². The Hall–Kier alpha value is -0.120. The molecule has 3 nitrogen and oxygen atoms in total. The fraction of sp³-hybridized carbons (Fsp3) is 1.00. The van der Waals surface area contributed by atoms with Crippen LogP contribution in [0.5, 0.6) is 0 Å². The van der Waals surface area contributed by atoms with Gasteiger partial charge in [-0.05, 0) is 47.0 Å². The number of likely N-dealkylation sites (N-methyl/N-ethyl adjacent to an activating group) is 1. The molecule has 0 spiro atoms. The van der Waals surface area contributed by atoms with Gasteiger partial charge in [0.15, 0.2) is 0 Å². The average Bonchev–Trinajstić information content (AvgIpc) is 2.15. The van der Waals surface area contributed by atoms with Crippen molar-refractivity contribution < 1.29 is 0 Å². The first-order chi connectivity index (χ1) is 7.00. The Labute approximate surface area is 94.8 Å². The van der Waals surface area contributed by atoms with Crippen LogP contribution in [0.1, 0.15) is 20.3 Å². The van der Waals surface area contributed by atoms with Gasteiger partial charge in [0, 0.05) is 25.2 Å². The molecule has 90 valence electrons. The third kappa shape index (κ3) is 4.09. The summed E-state index contributed by atoms with van der Waals surface area (Å²) < 4.78 is 0. The Bertz CT molecular complexity index is 182. The number of nitrogens with zero attached hydrogens (tertiary/aromatic N) is 2. The van der Waals surface area contributed by atoms with Crippen LogP contribution in [-0.4, -0.2) is 62.7 Å². The van der Waals surface area contributed by atoms with Crippen LogP contribution >= 0.6 is 0 Å². The van der Waals surface area contributed by atoms with E-state index in [1.807, 2.05) is 0 Å². The zero-order valence-electron chi connectivity index (χ0n) is 11.0. The minimum atomic E-state index is 0.622. The molecular weight excluding hydrogens is 186 g/mol. The van der Waals surface area contributed by atoms with Crippen LogP contribution in [0.25, 0.3) is 0 Å². The summed E-state index contributed by atoms with van der Waals surface area (Å²) in [5.41, 5.74) is 0. The number of nitrogens with one attached hydrogen (secondary N) is 1. The zero-order valence-corrected chi connectivity index (χ0v) is 11.0. The molecule has 0 aromatic heterocycles. The molecule has 3 heteroatoms. The fourth-order valence-electron chi connectivity index (χ4n) is 2.16. The molecule has 3 atom stereocenters. The summed E-state index contributed by atoms with van der Waals surface area (Å²) in [6.07, 6.45) is 1.29. The lowest BCUT2D eigenvalue weighted by atomic mass is 9.94. The van der Waals surface area contributed by atoms with Crippen molar-refractivity contribution in [2.45, 2.75) is 32.4 Å². The maximum Gasteiger partial charge on any atom is 0.0186 e. The molecule has 0 aromatic rings. The topological polar surface area (TPSA) is 18.5 Å². The highest BCUT2D eigenvalue weighted by Gasteiger charge is 2.23. The normalized spacial score (nSPS) is 30.8. The average molecular weight is 213 g/mol. The Morgan fingerprint density at radius 2 is 2.13 bits per heavy atom. The second kappa shape index (κ2) is 5.83. The molecule has 1 rings (SSSR count). The molecule has 0 amide bonds. The lowest BCUT2D eigenvalue weighted by Crippen LogP contribution is -2.49. The van der Waals surface area contributed by atoms with Crippen LogP contribution in [0.3, 0.4) is 0 Å². The van der Waals surface area contributed by atoms with Crippen LogP contribution in [0, 0.1) is 5.92 Å². The number of hydrogen-bond donors (Lipinski definition) is 1. The van der Waals surface area contributed by atoms with Gasteiger partial charge in [-0.25, -0.2) is 0 Å². The van der Waals surface area contributed by atoms with Gasteiger partial charge >= 0.3 is 0 Å². The van der Waals surface area contributed by atoms with Crippen molar-refractivity contribution in [3.05, 3.63) is 0 Å². The van der Waals surface area contributed by atoms with E-state index >= 15 is 0 Å². The second-order valence-electron chi connectivity index (χ2n) is 5.36. The molecule has 1 heterocycles. The van der Waals surface area contributed by atoms with Gasteiger partial charge in [0.25, 0.3) is 0 Å². The van der Waals surface area contributed by atoms with Gasteiger partial charge in [-0.3, -0.25) is 0 Å². The van der Waals surface area contributed by atoms with Crippen molar-refractivity contribution >= 4 is 0 Å². The third-order valence-corrected chi connectivity index (χ3v) is 3.67. The first kappa shape index (κ1) is 12.9. The second-order valence-corrected chi connectivity index (χ2v) is 5.36. The zero-order chi connectivity index (χ0) is 11.4. The Balaban J connectivity index is 2.26. The fourth-order valence-corrected chi connectivity index (χ4v) is 2.16. The largest absolute Gasteiger partial charge is 0.312 e. The minimum absolute atomic E-state index is 0.622. The predicted molar refractivity (Wildman–Crippen MR) is 66.2 cm³/mol. The quantitative estimate of drug-likeness (QED) is 0.747. The van der Waals surface area contributed by atoms with Crippen molar-refractivity contribution in [2.75, 3.05) is 40.8 Å². The van der Waals surface area contributed by atoms with Gasteiger partial charge < -0.3 is 15.1 Å².